The molecule has 1 aromatic carbocycles. The van der Waals surface area contributed by atoms with Gasteiger partial charge in [-0.25, -0.2) is 0 Å². The molecule has 0 bridgehead atoms. The third kappa shape index (κ3) is 5.05. The molecule has 0 N–H and O–H groups in total. The Kier molecular flexibility index (Phi) is 5.30. The van der Waals surface area contributed by atoms with Gasteiger partial charge in [0.2, 0.25) is 0 Å². The number of hydrogen-bond acceptors (Lipinski definition) is 3. The Bertz CT molecular complexity index is 282. The van der Waals surface area contributed by atoms with E-state index in [0.717, 1.165) is 12.2 Å². The topological polar surface area (TPSA) is 35.5 Å². The molecule has 0 saturated carbocycles. The van der Waals surface area contributed by atoms with Crippen molar-refractivity contribution in [3.05, 3.63) is 30.3 Å². The Morgan fingerprint density at radius 2 is 1.93 bits per heavy atom. The number of rotatable bonds is 6. The molecule has 1 aromatic rings. The van der Waals surface area contributed by atoms with Crippen LogP contribution in [-0.2, 0) is 9.53 Å². The zero-order valence-corrected chi connectivity index (χ0v) is 8.94. The van der Waals surface area contributed by atoms with Gasteiger partial charge in [0.05, 0.1) is 0 Å². The number of benzene rings is 1. The first-order valence-corrected chi connectivity index (χ1v) is 5.16. The lowest BCUT2D eigenvalue weighted by molar-refractivity contribution is -0.144. The molecule has 3 heteroatoms. The summed E-state index contributed by atoms with van der Waals surface area (Å²) in [4.78, 5) is 11.0. The fourth-order valence-corrected chi connectivity index (χ4v) is 1.11. The lowest BCUT2D eigenvalue weighted by atomic mass is 10.3. The highest BCUT2D eigenvalue weighted by molar-refractivity contribution is 5.69. The molecule has 0 atom stereocenters. The molecule has 0 amide bonds. The van der Waals surface area contributed by atoms with Crippen molar-refractivity contribution in [1.82, 2.24) is 0 Å². The Morgan fingerprint density at radius 3 is 2.60 bits per heavy atom. The monoisotopic (exact) mass is 208 g/mol. The van der Waals surface area contributed by atoms with Crippen LogP contribution in [0.2, 0.25) is 0 Å². The quantitative estimate of drug-likeness (QED) is 0.532. The van der Waals surface area contributed by atoms with Crippen molar-refractivity contribution < 1.29 is 14.3 Å². The SMILES string of the molecule is CCCC(=O)OCCOc1ccccc1. The van der Waals surface area contributed by atoms with Crippen LogP contribution in [0, 0.1) is 0 Å². The summed E-state index contributed by atoms with van der Waals surface area (Å²) in [5.74, 6) is 0.637. The second-order valence-electron chi connectivity index (χ2n) is 3.13. The lowest BCUT2D eigenvalue weighted by Gasteiger charge is -2.06. The maximum Gasteiger partial charge on any atom is 0.305 e. The Balaban J connectivity index is 2.10. The van der Waals surface area contributed by atoms with Crippen LogP contribution in [0.1, 0.15) is 19.8 Å². The van der Waals surface area contributed by atoms with E-state index in [9.17, 15) is 4.79 Å². The predicted octanol–water partition coefficient (Wildman–Crippen LogP) is 2.41. The van der Waals surface area contributed by atoms with E-state index in [0.29, 0.717) is 19.6 Å². The van der Waals surface area contributed by atoms with Gasteiger partial charge >= 0.3 is 5.97 Å². The van der Waals surface area contributed by atoms with Crippen LogP contribution < -0.4 is 4.74 Å². The molecule has 0 aliphatic heterocycles. The summed E-state index contributed by atoms with van der Waals surface area (Å²) < 4.78 is 10.3. The van der Waals surface area contributed by atoms with Crippen LogP contribution in [0.4, 0.5) is 0 Å². The van der Waals surface area contributed by atoms with Crippen molar-refractivity contribution in [1.29, 1.82) is 0 Å². The van der Waals surface area contributed by atoms with Gasteiger partial charge < -0.3 is 9.47 Å². The van der Waals surface area contributed by atoms with Gasteiger partial charge in [-0.05, 0) is 18.6 Å². The van der Waals surface area contributed by atoms with Gasteiger partial charge in [-0.3, -0.25) is 4.79 Å². The van der Waals surface area contributed by atoms with E-state index in [1.54, 1.807) is 0 Å². The average Bonchev–Trinajstić information content (AvgIpc) is 2.26. The molecule has 0 fully saturated rings. The maximum absolute atomic E-state index is 11.0. The zero-order chi connectivity index (χ0) is 10.9. The van der Waals surface area contributed by atoms with Crippen molar-refractivity contribution >= 4 is 5.97 Å². The molecular formula is C12H16O3. The molecule has 3 nitrogen and oxygen atoms in total. The summed E-state index contributed by atoms with van der Waals surface area (Å²) in [5, 5.41) is 0. The van der Waals surface area contributed by atoms with Crippen LogP contribution in [0.15, 0.2) is 30.3 Å². The fraction of sp³-hybridized carbons (Fsp3) is 0.417. The molecule has 0 spiro atoms. The molecule has 82 valence electrons. The number of carbonyl (C=O) groups is 1. The number of esters is 1. The first kappa shape index (κ1) is 11.6. The van der Waals surface area contributed by atoms with Gasteiger partial charge in [0.25, 0.3) is 0 Å². The van der Waals surface area contributed by atoms with E-state index in [-0.39, 0.29) is 5.97 Å². The number of hydrogen-bond donors (Lipinski definition) is 0. The summed E-state index contributed by atoms with van der Waals surface area (Å²) in [5.41, 5.74) is 0. The molecule has 0 aliphatic rings. The van der Waals surface area contributed by atoms with Gasteiger partial charge in [-0.2, -0.15) is 0 Å². The second kappa shape index (κ2) is 6.87. The minimum Gasteiger partial charge on any atom is -0.490 e. The van der Waals surface area contributed by atoms with Gasteiger partial charge in [0.1, 0.15) is 19.0 Å². The van der Waals surface area contributed by atoms with Crippen LogP contribution in [-0.4, -0.2) is 19.2 Å². The van der Waals surface area contributed by atoms with E-state index in [1.807, 2.05) is 37.3 Å². The highest BCUT2D eigenvalue weighted by atomic mass is 16.6. The third-order valence-electron chi connectivity index (χ3n) is 1.81. The summed E-state index contributed by atoms with van der Waals surface area (Å²) >= 11 is 0. The second-order valence-corrected chi connectivity index (χ2v) is 3.13. The minimum atomic E-state index is -0.158. The molecule has 0 heterocycles. The van der Waals surface area contributed by atoms with Crippen LogP contribution in [0.3, 0.4) is 0 Å². The molecule has 0 aliphatic carbocycles. The third-order valence-corrected chi connectivity index (χ3v) is 1.81. The molecular weight excluding hydrogens is 192 g/mol. The summed E-state index contributed by atoms with van der Waals surface area (Å²) in [6.07, 6.45) is 1.30. The van der Waals surface area contributed by atoms with Crippen molar-refractivity contribution in [2.75, 3.05) is 13.2 Å². The summed E-state index contributed by atoms with van der Waals surface area (Å²) in [7, 11) is 0. The van der Waals surface area contributed by atoms with Crippen molar-refractivity contribution in [3.8, 4) is 5.75 Å². The molecule has 1 rings (SSSR count). The smallest absolute Gasteiger partial charge is 0.305 e. The Labute approximate surface area is 90.0 Å². The number of para-hydroxylation sites is 1. The summed E-state index contributed by atoms with van der Waals surface area (Å²) in [6, 6.07) is 9.46. The molecule has 0 unspecified atom stereocenters. The predicted molar refractivity (Wildman–Crippen MR) is 57.8 cm³/mol. The van der Waals surface area contributed by atoms with Crippen LogP contribution >= 0.6 is 0 Å². The Hall–Kier alpha value is -1.51. The summed E-state index contributed by atoms with van der Waals surface area (Å²) in [6.45, 7) is 2.66. The first-order valence-electron chi connectivity index (χ1n) is 5.16. The average molecular weight is 208 g/mol. The highest BCUT2D eigenvalue weighted by Gasteiger charge is 1.99. The van der Waals surface area contributed by atoms with Crippen LogP contribution in [0.5, 0.6) is 5.75 Å². The van der Waals surface area contributed by atoms with Crippen molar-refractivity contribution in [2.45, 2.75) is 19.8 Å². The zero-order valence-electron chi connectivity index (χ0n) is 8.94. The largest absolute Gasteiger partial charge is 0.490 e. The number of carbonyl (C=O) groups excluding carboxylic acids is 1. The molecule has 15 heavy (non-hydrogen) atoms. The van der Waals surface area contributed by atoms with Gasteiger partial charge in [0, 0.05) is 6.42 Å². The van der Waals surface area contributed by atoms with E-state index < -0.39 is 0 Å². The van der Waals surface area contributed by atoms with Gasteiger partial charge in [-0.1, -0.05) is 25.1 Å². The van der Waals surface area contributed by atoms with E-state index in [2.05, 4.69) is 0 Å². The van der Waals surface area contributed by atoms with Gasteiger partial charge in [0.15, 0.2) is 0 Å². The van der Waals surface area contributed by atoms with Crippen LogP contribution in [0.25, 0.3) is 0 Å². The first-order chi connectivity index (χ1) is 7.33. The Morgan fingerprint density at radius 1 is 1.20 bits per heavy atom. The van der Waals surface area contributed by atoms with E-state index in [4.69, 9.17) is 9.47 Å². The number of ether oxygens (including phenoxy) is 2. The molecule has 0 radical (unpaired) electrons. The van der Waals surface area contributed by atoms with E-state index >= 15 is 0 Å². The van der Waals surface area contributed by atoms with Crippen molar-refractivity contribution in [3.63, 3.8) is 0 Å². The fourth-order valence-electron chi connectivity index (χ4n) is 1.11. The van der Waals surface area contributed by atoms with Crippen molar-refractivity contribution in [2.24, 2.45) is 0 Å². The molecule has 0 aromatic heterocycles. The van der Waals surface area contributed by atoms with Gasteiger partial charge in [-0.15, -0.1) is 0 Å². The maximum atomic E-state index is 11.0. The highest BCUT2D eigenvalue weighted by Crippen LogP contribution is 2.07. The minimum absolute atomic E-state index is 0.158. The standard InChI is InChI=1S/C12H16O3/c1-2-6-12(13)15-10-9-14-11-7-4-3-5-8-11/h3-5,7-8H,2,6,9-10H2,1H3. The normalized spacial score (nSPS) is 9.67. The van der Waals surface area contributed by atoms with E-state index in [1.165, 1.54) is 0 Å². The molecule has 0 saturated heterocycles. The lowest BCUT2D eigenvalue weighted by Crippen LogP contribution is -2.11.